The van der Waals surface area contributed by atoms with Crippen molar-refractivity contribution >= 4 is 35.1 Å². The molecule has 0 saturated carbocycles. The van der Waals surface area contributed by atoms with Crippen LogP contribution in [-0.2, 0) is 32.2 Å². The van der Waals surface area contributed by atoms with Gasteiger partial charge in [0.1, 0.15) is 18.9 Å². The fraction of sp³-hybridized carbons (Fsp3) is 0.543. The lowest BCUT2D eigenvalue weighted by Gasteiger charge is -2.42. The Balaban J connectivity index is 0.950. The number of ether oxygens (including phenoxy) is 2. The van der Waals surface area contributed by atoms with Crippen molar-refractivity contribution in [2.24, 2.45) is 11.8 Å². The van der Waals surface area contributed by atoms with Gasteiger partial charge in [0.05, 0.1) is 24.6 Å². The minimum absolute atomic E-state index is 0.0440. The molecule has 4 saturated heterocycles. The van der Waals surface area contributed by atoms with E-state index in [1.54, 1.807) is 10.9 Å². The van der Waals surface area contributed by atoms with Crippen molar-refractivity contribution < 1.29 is 19.1 Å². The SMILES string of the molecule is CN1C2CCC1[C@@H](C(=O)OCc1cn(CCOC(=O)[C@H]3C4CCC(C[C@@H]3c3ccc(Cl)cc3)N4C)nn1)[C@@H](c1ccc(Cl)cc1)C2. The number of carbonyl (C=O) groups is 2. The van der Waals surface area contributed by atoms with Crippen molar-refractivity contribution in [3.8, 4) is 0 Å². The maximum absolute atomic E-state index is 13.6. The third-order valence-corrected chi connectivity index (χ3v) is 11.7. The number of nitrogens with zero attached hydrogens (tertiary/aromatic N) is 5. The van der Waals surface area contributed by atoms with E-state index in [4.69, 9.17) is 32.7 Å². The largest absolute Gasteiger partial charge is 0.463 e. The minimum atomic E-state index is -0.259. The van der Waals surface area contributed by atoms with Crippen molar-refractivity contribution in [3.05, 3.63) is 81.6 Å². The summed E-state index contributed by atoms with van der Waals surface area (Å²) in [7, 11) is 4.24. The Hall–Kier alpha value is -2.98. The van der Waals surface area contributed by atoms with Crippen LogP contribution >= 0.6 is 23.2 Å². The van der Waals surface area contributed by atoms with E-state index >= 15 is 0 Å². The van der Waals surface area contributed by atoms with E-state index < -0.39 is 0 Å². The first-order valence-electron chi connectivity index (χ1n) is 16.4. The van der Waals surface area contributed by atoms with Crippen LogP contribution in [0.15, 0.2) is 54.7 Å². The molecule has 0 N–H and O–H groups in total. The van der Waals surface area contributed by atoms with E-state index in [1.165, 1.54) is 0 Å². The molecule has 3 aromatic rings. The van der Waals surface area contributed by atoms with Gasteiger partial charge in [-0.1, -0.05) is 52.7 Å². The molecule has 46 heavy (non-hydrogen) atoms. The van der Waals surface area contributed by atoms with E-state index in [2.05, 4.69) is 34.2 Å². The first-order chi connectivity index (χ1) is 22.3. The van der Waals surface area contributed by atoms with Crippen molar-refractivity contribution in [2.45, 2.75) is 87.7 Å². The predicted molar refractivity (Wildman–Crippen MR) is 175 cm³/mol. The molecule has 9 nitrogen and oxygen atoms in total. The minimum Gasteiger partial charge on any atom is -0.463 e. The van der Waals surface area contributed by atoms with Crippen molar-refractivity contribution in [3.63, 3.8) is 0 Å². The molecule has 0 aliphatic carbocycles. The first-order valence-corrected chi connectivity index (χ1v) is 17.2. The zero-order valence-electron chi connectivity index (χ0n) is 26.3. The lowest BCUT2D eigenvalue weighted by molar-refractivity contribution is -0.155. The molecule has 244 valence electrons. The summed E-state index contributed by atoms with van der Waals surface area (Å²) >= 11 is 12.3. The highest BCUT2D eigenvalue weighted by molar-refractivity contribution is 6.30. The summed E-state index contributed by atoms with van der Waals surface area (Å²) in [5.41, 5.74) is 2.83. The Morgan fingerprint density at radius 1 is 0.761 bits per heavy atom. The molecule has 11 heteroatoms. The summed E-state index contributed by atoms with van der Waals surface area (Å²) in [6.07, 6.45) is 7.77. The number of fused-ring (bicyclic) bond motifs is 4. The Labute approximate surface area is 280 Å². The number of esters is 2. The van der Waals surface area contributed by atoms with Gasteiger partial charge in [-0.05, 0) is 88.0 Å². The van der Waals surface area contributed by atoms with Gasteiger partial charge in [-0.15, -0.1) is 5.10 Å². The predicted octanol–water partition coefficient (Wildman–Crippen LogP) is 5.70. The molecule has 2 aromatic carbocycles. The monoisotopic (exact) mass is 665 g/mol. The van der Waals surface area contributed by atoms with Crippen molar-refractivity contribution in [1.29, 1.82) is 0 Å². The van der Waals surface area contributed by atoms with E-state index in [-0.39, 0.29) is 60.9 Å². The van der Waals surface area contributed by atoms with E-state index in [0.717, 1.165) is 49.7 Å². The van der Waals surface area contributed by atoms with Crippen LogP contribution in [0.4, 0.5) is 0 Å². The van der Waals surface area contributed by atoms with E-state index in [0.29, 0.717) is 34.4 Å². The molecule has 8 atom stereocenters. The van der Waals surface area contributed by atoms with Crippen LogP contribution in [0, 0.1) is 11.8 Å². The number of piperidine rings is 2. The van der Waals surface area contributed by atoms with Crippen LogP contribution in [0.3, 0.4) is 0 Å². The number of halogens is 2. The standard InChI is InChI=1S/C35H41Cl2N5O4/c1-40-26-11-13-30(40)32(28(17-26)21-3-7-23(36)8-4-21)34(43)45-16-15-42-19-25(38-39-42)20-46-35(44)33-29(22-5-9-24(37)10-6-22)18-27-12-14-31(33)41(27)2/h3-10,19,26-33H,11-18,20H2,1-2H3/t26?,27?,28-,29-,30?,31?,32-,33+/m1/s1. The summed E-state index contributed by atoms with van der Waals surface area (Å²) in [4.78, 5) is 31.8. The molecule has 4 aliphatic rings. The van der Waals surface area contributed by atoms with Crippen LogP contribution in [-0.4, -0.2) is 81.6 Å². The third-order valence-electron chi connectivity index (χ3n) is 11.2. The molecule has 0 radical (unpaired) electrons. The molecule has 0 spiro atoms. The quantitative estimate of drug-likeness (QED) is 0.269. The van der Waals surface area contributed by atoms with Gasteiger partial charge in [0.2, 0.25) is 0 Å². The number of hydrogen-bond donors (Lipinski definition) is 0. The molecule has 7 rings (SSSR count). The second-order valence-electron chi connectivity index (χ2n) is 13.5. The first kappa shape index (κ1) is 31.6. The fourth-order valence-electron chi connectivity index (χ4n) is 8.77. The van der Waals surface area contributed by atoms with Gasteiger partial charge in [-0.3, -0.25) is 19.4 Å². The Bertz CT molecular complexity index is 1550. The molecular weight excluding hydrogens is 625 g/mol. The van der Waals surface area contributed by atoms with E-state index in [1.807, 2.05) is 48.5 Å². The molecule has 0 amide bonds. The molecule has 1 aromatic heterocycles. The van der Waals surface area contributed by atoms with Crippen LogP contribution in [0.2, 0.25) is 10.0 Å². The lowest BCUT2D eigenvalue weighted by Crippen LogP contribution is -2.49. The van der Waals surface area contributed by atoms with Gasteiger partial charge in [0, 0.05) is 46.0 Å². The van der Waals surface area contributed by atoms with Gasteiger partial charge in [0.25, 0.3) is 0 Å². The molecule has 5 heterocycles. The summed E-state index contributed by atoms with van der Waals surface area (Å²) in [5.74, 6) is -0.686. The summed E-state index contributed by atoms with van der Waals surface area (Å²) in [5, 5.41) is 9.80. The second kappa shape index (κ2) is 13.3. The maximum Gasteiger partial charge on any atom is 0.311 e. The topological polar surface area (TPSA) is 89.8 Å². The second-order valence-corrected chi connectivity index (χ2v) is 14.4. The van der Waals surface area contributed by atoms with Crippen LogP contribution < -0.4 is 0 Å². The molecule has 4 unspecified atom stereocenters. The molecular formula is C35H41Cl2N5O4. The number of aromatic nitrogens is 3. The highest BCUT2D eigenvalue weighted by Gasteiger charge is 2.51. The van der Waals surface area contributed by atoms with Gasteiger partial charge in [-0.2, -0.15) is 0 Å². The van der Waals surface area contributed by atoms with Gasteiger partial charge in [0.15, 0.2) is 0 Å². The number of rotatable bonds is 9. The van der Waals surface area contributed by atoms with Gasteiger partial charge >= 0.3 is 11.9 Å². The van der Waals surface area contributed by atoms with Crippen LogP contribution in [0.1, 0.15) is 67.2 Å². The van der Waals surface area contributed by atoms with Gasteiger partial charge in [-0.25, -0.2) is 4.68 Å². The maximum atomic E-state index is 13.6. The average molecular weight is 667 g/mol. The summed E-state index contributed by atoms with van der Waals surface area (Å²) in [6, 6.07) is 17.0. The number of carbonyl (C=O) groups excluding carboxylic acids is 2. The summed E-state index contributed by atoms with van der Waals surface area (Å²) < 4.78 is 13.4. The van der Waals surface area contributed by atoms with Crippen LogP contribution in [0.25, 0.3) is 0 Å². The van der Waals surface area contributed by atoms with Gasteiger partial charge < -0.3 is 9.47 Å². The molecule has 4 fully saturated rings. The fourth-order valence-corrected chi connectivity index (χ4v) is 9.02. The lowest BCUT2D eigenvalue weighted by atomic mass is 9.76. The number of hydrogen-bond acceptors (Lipinski definition) is 8. The van der Waals surface area contributed by atoms with Crippen molar-refractivity contribution in [2.75, 3.05) is 20.7 Å². The average Bonchev–Trinajstić information content (AvgIpc) is 3.66. The van der Waals surface area contributed by atoms with Crippen LogP contribution in [0.5, 0.6) is 0 Å². The smallest absolute Gasteiger partial charge is 0.311 e. The molecule has 4 bridgehead atoms. The Morgan fingerprint density at radius 3 is 1.78 bits per heavy atom. The normalized spacial score (nSPS) is 30.8. The zero-order chi connectivity index (χ0) is 31.9. The van der Waals surface area contributed by atoms with E-state index in [9.17, 15) is 9.59 Å². The van der Waals surface area contributed by atoms with Crippen molar-refractivity contribution in [1.82, 2.24) is 24.8 Å². The Kier molecular flexibility index (Phi) is 9.11. The Morgan fingerprint density at radius 2 is 1.26 bits per heavy atom. The highest BCUT2D eigenvalue weighted by atomic mass is 35.5. The highest BCUT2D eigenvalue weighted by Crippen LogP contribution is 2.48. The zero-order valence-corrected chi connectivity index (χ0v) is 27.8. The number of benzene rings is 2. The molecule has 4 aliphatic heterocycles. The third kappa shape index (κ3) is 6.19. The summed E-state index contributed by atoms with van der Waals surface area (Å²) in [6.45, 7) is 0.594.